The molecule has 0 spiro atoms. The predicted molar refractivity (Wildman–Crippen MR) is 71.9 cm³/mol. The molecular weight excluding hydrogens is 244 g/mol. The van der Waals surface area contributed by atoms with Crippen LogP contribution >= 0.6 is 0 Å². The summed E-state index contributed by atoms with van der Waals surface area (Å²) in [4.78, 5) is 27.0. The van der Waals surface area contributed by atoms with Gasteiger partial charge in [0.25, 0.3) is 0 Å². The van der Waals surface area contributed by atoms with Crippen LogP contribution in [0.3, 0.4) is 0 Å². The van der Waals surface area contributed by atoms with Gasteiger partial charge in [-0.1, -0.05) is 6.92 Å². The summed E-state index contributed by atoms with van der Waals surface area (Å²) in [5.74, 6) is -0.0733. The van der Waals surface area contributed by atoms with Crippen molar-refractivity contribution in [1.29, 1.82) is 0 Å². The monoisotopic (exact) mass is 268 g/mol. The lowest BCUT2D eigenvalue weighted by atomic mass is 9.95. The summed E-state index contributed by atoms with van der Waals surface area (Å²) in [6.45, 7) is 6.43. The molecule has 0 radical (unpaired) electrons. The average Bonchev–Trinajstić information content (AvgIpc) is 2.79. The van der Waals surface area contributed by atoms with E-state index < -0.39 is 5.97 Å². The molecular formula is C14H24N2O3. The molecule has 19 heavy (non-hydrogen) atoms. The first-order valence-electron chi connectivity index (χ1n) is 7.24. The molecule has 0 aromatic heterocycles. The summed E-state index contributed by atoms with van der Waals surface area (Å²) in [6.07, 6.45) is 3.25. The largest absolute Gasteiger partial charge is 0.481 e. The minimum absolute atomic E-state index is 0.104. The second kappa shape index (κ2) is 5.80. The van der Waals surface area contributed by atoms with E-state index in [1.165, 1.54) is 6.42 Å². The van der Waals surface area contributed by atoms with E-state index in [-0.39, 0.29) is 18.4 Å². The summed E-state index contributed by atoms with van der Waals surface area (Å²) in [6, 6.07) is 0.411. The first-order chi connectivity index (χ1) is 8.97. The quantitative estimate of drug-likeness (QED) is 0.833. The molecule has 5 heteroatoms. The smallest absolute Gasteiger partial charge is 0.320 e. The number of hydrogen-bond donors (Lipinski definition) is 1. The van der Waals surface area contributed by atoms with Crippen LogP contribution in [0.25, 0.3) is 0 Å². The number of amides is 2. The number of aliphatic carboxylic acids is 1. The van der Waals surface area contributed by atoms with Crippen LogP contribution < -0.4 is 0 Å². The molecule has 108 valence electrons. The van der Waals surface area contributed by atoms with Crippen molar-refractivity contribution in [1.82, 2.24) is 9.80 Å². The first kappa shape index (κ1) is 14.2. The molecule has 2 saturated heterocycles. The van der Waals surface area contributed by atoms with E-state index in [4.69, 9.17) is 5.11 Å². The standard InChI is InChI=1S/C14H24N2O3/c1-10-3-4-11(2)16(8-10)14(19)15-6-5-12(9-15)7-13(17)18/h10-12H,3-9H2,1-2H3,(H,17,18). The predicted octanol–water partition coefficient (Wildman–Crippen LogP) is 2.02. The second-order valence-corrected chi connectivity index (χ2v) is 6.17. The van der Waals surface area contributed by atoms with Crippen molar-refractivity contribution in [3.63, 3.8) is 0 Å². The molecule has 0 aromatic carbocycles. The van der Waals surface area contributed by atoms with Gasteiger partial charge in [-0.2, -0.15) is 0 Å². The number of carbonyl (C=O) groups excluding carboxylic acids is 1. The van der Waals surface area contributed by atoms with Crippen LogP contribution in [0.15, 0.2) is 0 Å². The van der Waals surface area contributed by atoms with E-state index in [0.717, 1.165) is 19.4 Å². The zero-order valence-corrected chi connectivity index (χ0v) is 11.8. The molecule has 0 saturated carbocycles. The second-order valence-electron chi connectivity index (χ2n) is 6.17. The minimum Gasteiger partial charge on any atom is -0.481 e. The molecule has 2 rings (SSSR count). The maximum absolute atomic E-state index is 12.5. The Morgan fingerprint density at radius 3 is 2.58 bits per heavy atom. The molecule has 2 heterocycles. The first-order valence-corrected chi connectivity index (χ1v) is 7.24. The van der Waals surface area contributed by atoms with Gasteiger partial charge in [0.1, 0.15) is 0 Å². The van der Waals surface area contributed by atoms with Crippen LogP contribution in [0.5, 0.6) is 0 Å². The summed E-state index contributed by atoms with van der Waals surface area (Å²) in [7, 11) is 0. The van der Waals surface area contributed by atoms with Crippen LogP contribution in [-0.4, -0.2) is 52.6 Å². The lowest BCUT2D eigenvalue weighted by molar-refractivity contribution is -0.138. The highest BCUT2D eigenvalue weighted by atomic mass is 16.4. The van der Waals surface area contributed by atoms with Crippen molar-refractivity contribution < 1.29 is 14.7 Å². The molecule has 2 amide bonds. The zero-order valence-electron chi connectivity index (χ0n) is 11.8. The highest BCUT2D eigenvalue weighted by Crippen LogP contribution is 2.26. The molecule has 3 atom stereocenters. The molecule has 0 bridgehead atoms. The van der Waals surface area contributed by atoms with Gasteiger partial charge >= 0.3 is 12.0 Å². The van der Waals surface area contributed by atoms with E-state index in [1.807, 2.05) is 9.80 Å². The zero-order chi connectivity index (χ0) is 14.0. The third-order valence-electron chi connectivity index (χ3n) is 4.38. The number of piperidine rings is 1. The fourth-order valence-electron chi connectivity index (χ4n) is 3.16. The fourth-order valence-corrected chi connectivity index (χ4v) is 3.16. The Hall–Kier alpha value is -1.26. The summed E-state index contributed by atoms with van der Waals surface area (Å²) >= 11 is 0. The number of carbonyl (C=O) groups is 2. The van der Waals surface area contributed by atoms with E-state index >= 15 is 0 Å². The Kier molecular flexibility index (Phi) is 4.32. The lowest BCUT2D eigenvalue weighted by Crippen LogP contribution is -2.50. The van der Waals surface area contributed by atoms with Crippen molar-refractivity contribution >= 4 is 12.0 Å². The third-order valence-corrected chi connectivity index (χ3v) is 4.38. The number of likely N-dealkylation sites (tertiary alicyclic amines) is 2. The van der Waals surface area contributed by atoms with E-state index in [2.05, 4.69) is 13.8 Å². The normalized spacial score (nSPS) is 31.6. The number of carboxylic acids is 1. The molecule has 0 aromatic rings. The van der Waals surface area contributed by atoms with Gasteiger partial charge in [-0.3, -0.25) is 4.79 Å². The van der Waals surface area contributed by atoms with E-state index in [1.54, 1.807) is 0 Å². The number of carboxylic acid groups (broad SMARTS) is 1. The Labute approximate surface area is 114 Å². The molecule has 1 N–H and O–H groups in total. The van der Waals surface area contributed by atoms with Crippen LogP contribution in [-0.2, 0) is 4.79 Å². The SMILES string of the molecule is CC1CCC(C)N(C(=O)N2CCC(CC(=O)O)C2)C1. The number of hydrogen-bond acceptors (Lipinski definition) is 2. The number of rotatable bonds is 2. The molecule has 2 aliphatic rings. The van der Waals surface area contributed by atoms with Gasteiger partial charge in [-0.25, -0.2) is 4.79 Å². The highest BCUT2D eigenvalue weighted by molar-refractivity contribution is 5.75. The van der Waals surface area contributed by atoms with Gasteiger partial charge in [-0.15, -0.1) is 0 Å². The summed E-state index contributed by atoms with van der Waals surface area (Å²) < 4.78 is 0. The molecule has 3 unspecified atom stereocenters. The van der Waals surface area contributed by atoms with Crippen molar-refractivity contribution in [2.24, 2.45) is 11.8 Å². The Morgan fingerprint density at radius 2 is 1.89 bits per heavy atom. The van der Waals surface area contributed by atoms with Gasteiger partial charge in [0, 0.05) is 32.1 Å². The van der Waals surface area contributed by atoms with Crippen LogP contribution in [0.1, 0.15) is 39.5 Å². The van der Waals surface area contributed by atoms with Crippen molar-refractivity contribution in [2.75, 3.05) is 19.6 Å². The Morgan fingerprint density at radius 1 is 1.16 bits per heavy atom. The average molecular weight is 268 g/mol. The maximum atomic E-state index is 12.5. The van der Waals surface area contributed by atoms with Crippen LogP contribution in [0.2, 0.25) is 0 Å². The molecule has 0 aliphatic carbocycles. The molecule has 2 fully saturated rings. The fraction of sp³-hybridized carbons (Fsp3) is 0.857. The minimum atomic E-state index is -0.765. The summed E-state index contributed by atoms with van der Waals surface area (Å²) in [5.41, 5.74) is 0. The van der Waals surface area contributed by atoms with Crippen molar-refractivity contribution in [2.45, 2.75) is 45.6 Å². The topological polar surface area (TPSA) is 60.9 Å². The number of nitrogens with zero attached hydrogens (tertiary/aromatic N) is 2. The Balaban J connectivity index is 1.91. The van der Waals surface area contributed by atoms with Gasteiger partial charge in [-0.05, 0) is 38.0 Å². The van der Waals surface area contributed by atoms with E-state index in [0.29, 0.717) is 25.0 Å². The van der Waals surface area contributed by atoms with Gasteiger partial charge in [0.15, 0.2) is 0 Å². The molecule has 5 nitrogen and oxygen atoms in total. The van der Waals surface area contributed by atoms with Gasteiger partial charge in [0.05, 0.1) is 0 Å². The molecule has 2 aliphatic heterocycles. The summed E-state index contributed by atoms with van der Waals surface area (Å²) in [5, 5.41) is 8.81. The number of urea groups is 1. The van der Waals surface area contributed by atoms with Crippen molar-refractivity contribution in [3.05, 3.63) is 0 Å². The van der Waals surface area contributed by atoms with Gasteiger partial charge in [0.2, 0.25) is 0 Å². The van der Waals surface area contributed by atoms with Crippen LogP contribution in [0, 0.1) is 11.8 Å². The Bertz CT molecular complexity index is 359. The van der Waals surface area contributed by atoms with Crippen LogP contribution in [0.4, 0.5) is 4.79 Å². The highest BCUT2D eigenvalue weighted by Gasteiger charge is 2.34. The van der Waals surface area contributed by atoms with E-state index in [9.17, 15) is 9.59 Å². The maximum Gasteiger partial charge on any atom is 0.320 e. The lowest BCUT2D eigenvalue weighted by Gasteiger charge is -2.39. The van der Waals surface area contributed by atoms with Crippen molar-refractivity contribution in [3.8, 4) is 0 Å². The van der Waals surface area contributed by atoms with Gasteiger partial charge < -0.3 is 14.9 Å². The third kappa shape index (κ3) is 3.39.